The summed E-state index contributed by atoms with van der Waals surface area (Å²) in [6, 6.07) is 13.5. The Balaban J connectivity index is 2.16. The molecule has 19 heavy (non-hydrogen) atoms. The van der Waals surface area contributed by atoms with Crippen molar-refractivity contribution in [2.75, 3.05) is 0 Å². The Bertz CT molecular complexity index is 543. The fourth-order valence-electron chi connectivity index (χ4n) is 2.06. The molecular formula is C16H19NO2. The number of hydrogen-bond donors (Lipinski definition) is 1. The van der Waals surface area contributed by atoms with Crippen LogP contribution in [0.2, 0.25) is 0 Å². The van der Waals surface area contributed by atoms with Crippen molar-refractivity contribution in [2.45, 2.75) is 26.8 Å². The van der Waals surface area contributed by atoms with Gasteiger partial charge in [-0.2, -0.15) is 0 Å². The molecule has 3 nitrogen and oxygen atoms in total. The Kier molecular flexibility index (Phi) is 4.05. The molecule has 1 heterocycles. The predicted octanol–water partition coefficient (Wildman–Crippen LogP) is 3.72. The van der Waals surface area contributed by atoms with Crippen molar-refractivity contribution in [3.8, 4) is 0 Å². The molecule has 1 amide bonds. The first-order chi connectivity index (χ1) is 9.08. The summed E-state index contributed by atoms with van der Waals surface area (Å²) in [5.41, 5.74) is 1.11. The summed E-state index contributed by atoms with van der Waals surface area (Å²) in [4.78, 5) is 12.1. The lowest BCUT2D eigenvalue weighted by atomic mass is 9.96. The SMILES string of the molecule is Cc1ccc(C(=O)NC(c2ccccc2)C(C)C)o1. The van der Waals surface area contributed by atoms with Gasteiger partial charge in [-0.1, -0.05) is 44.2 Å². The standard InChI is InChI=1S/C16H19NO2/c1-11(2)15(13-7-5-4-6-8-13)17-16(18)14-10-9-12(3)19-14/h4-11,15H,1-3H3,(H,17,18). The van der Waals surface area contributed by atoms with E-state index < -0.39 is 0 Å². The Hall–Kier alpha value is -2.03. The van der Waals surface area contributed by atoms with E-state index in [1.54, 1.807) is 12.1 Å². The molecule has 0 bridgehead atoms. The van der Waals surface area contributed by atoms with Crippen LogP contribution in [0.4, 0.5) is 0 Å². The van der Waals surface area contributed by atoms with Crippen molar-refractivity contribution >= 4 is 5.91 Å². The third-order valence-electron chi connectivity index (χ3n) is 3.08. The largest absolute Gasteiger partial charge is 0.456 e. The van der Waals surface area contributed by atoms with Gasteiger partial charge in [0.15, 0.2) is 5.76 Å². The first kappa shape index (κ1) is 13.4. The predicted molar refractivity (Wildman–Crippen MR) is 74.9 cm³/mol. The Morgan fingerprint density at radius 2 is 1.79 bits per heavy atom. The maximum atomic E-state index is 12.1. The molecule has 0 spiro atoms. The van der Waals surface area contributed by atoms with Crippen LogP contribution in [0.3, 0.4) is 0 Å². The van der Waals surface area contributed by atoms with E-state index in [0.717, 1.165) is 11.3 Å². The maximum Gasteiger partial charge on any atom is 0.287 e. The molecular weight excluding hydrogens is 238 g/mol. The van der Waals surface area contributed by atoms with Gasteiger partial charge in [-0.3, -0.25) is 4.79 Å². The molecule has 1 N–H and O–H groups in total. The molecule has 0 aliphatic carbocycles. The molecule has 0 saturated heterocycles. The van der Waals surface area contributed by atoms with Gasteiger partial charge in [0, 0.05) is 0 Å². The minimum atomic E-state index is -0.171. The molecule has 1 aromatic heterocycles. The summed E-state index contributed by atoms with van der Waals surface area (Å²) in [7, 11) is 0. The molecule has 0 aliphatic rings. The summed E-state index contributed by atoms with van der Waals surface area (Å²) in [5.74, 6) is 1.24. The first-order valence-corrected chi connectivity index (χ1v) is 6.50. The number of benzene rings is 1. The third kappa shape index (κ3) is 3.25. The maximum absolute atomic E-state index is 12.1. The second kappa shape index (κ2) is 5.74. The fourth-order valence-corrected chi connectivity index (χ4v) is 2.06. The van der Waals surface area contributed by atoms with E-state index in [1.807, 2.05) is 37.3 Å². The van der Waals surface area contributed by atoms with Gasteiger partial charge in [-0.15, -0.1) is 0 Å². The molecule has 0 fully saturated rings. The number of furan rings is 1. The summed E-state index contributed by atoms with van der Waals surface area (Å²) in [6.07, 6.45) is 0. The van der Waals surface area contributed by atoms with Gasteiger partial charge in [-0.05, 0) is 30.5 Å². The van der Waals surface area contributed by atoms with E-state index in [1.165, 1.54) is 0 Å². The van der Waals surface area contributed by atoms with Crippen LogP contribution in [0.15, 0.2) is 46.9 Å². The molecule has 2 rings (SSSR count). The van der Waals surface area contributed by atoms with Crippen molar-refractivity contribution in [2.24, 2.45) is 5.92 Å². The highest BCUT2D eigenvalue weighted by atomic mass is 16.3. The van der Waals surface area contributed by atoms with Crippen molar-refractivity contribution < 1.29 is 9.21 Å². The van der Waals surface area contributed by atoms with Crippen LogP contribution in [0.1, 0.15) is 41.8 Å². The number of rotatable bonds is 4. The van der Waals surface area contributed by atoms with Crippen LogP contribution in [0, 0.1) is 12.8 Å². The monoisotopic (exact) mass is 257 g/mol. The van der Waals surface area contributed by atoms with Gasteiger partial charge >= 0.3 is 0 Å². The third-order valence-corrected chi connectivity index (χ3v) is 3.08. The summed E-state index contributed by atoms with van der Waals surface area (Å²) in [6.45, 7) is 6.00. The van der Waals surface area contributed by atoms with Crippen molar-refractivity contribution in [1.29, 1.82) is 0 Å². The topological polar surface area (TPSA) is 42.2 Å². The number of carbonyl (C=O) groups excluding carboxylic acids is 1. The summed E-state index contributed by atoms with van der Waals surface area (Å²) < 4.78 is 5.35. The van der Waals surface area contributed by atoms with Gasteiger partial charge in [0.2, 0.25) is 0 Å². The highest BCUT2D eigenvalue weighted by molar-refractivity contribution is 5.91. The molecule has 0 saturated carbocycles. The lowest BCUT2D eigenvalue weighted by molar-refractivity contribution is 0.0896. The number of hydrogen-bond acceptors (Lipinski definition) is 2. The Labute approximate surface area is 113 Å². The minimum absolute atomic E-state index is 0.0147. The lowest BCUT2D eigenvalue weighted by Crippen LogP contribution is -2.31. The van der Waals surface area contributed by atoms with E-state index in [-0.39, 0.29) is 11.9 Å². The molecule has 3 heteroatoms. The van der Waals surface area contributed by atoms with E-state index >= 15 is 0 Å². The van der Waals surface area contributed by atoms with Crippen molar-refractivity contribution in [3.63, 3.8) is 0 Å². The normalized spacial score (nSPS) is 12.4. The van der Waals surface area contributed by atoms with E-state index in [2.05, 4.69) is 19.2 Å². The summed E-state index contributed by atoms with van der Waals surface area (Å²) >= 11 is 0. The van der Waals surface area contributed by atoms with E-state index in [9.17, 15) is 4.79 Å². The van der Waals surface area contributed by atoms with Crippen LogP contribution in [-0.2, 0) is 0 Å². The molecule has 0 aliphatic heterocycles. The highest BCUT2D eigenvalue weighted by Crippen LogP contribution is 2.22. The zero-order valence-electron chi connectivity index (χ0n) is 11.5. The zero-order chi connectivity index (χ0) is 13.8. The average molecular weight is 257 g/mol. The molecule has 1 aromatic carbocycles. The average Bonchev–Trinajstić information content (AvgIpc) is 2.83. The Morgan fingerprint density at radius 3 is 2.32 bits per heavy atom. The van der Waals surface area contributed by atoms with Gasteiger partial charge in [0.1, 0.15) is 5.76 Å². The molecule has 2 aromatic rings. The first-order valence-electron chi connectivity index (χ1n) is 6.50. The van der Waals surface area contributed by atoms with Gasteiger partial charge < -0.3 is 9.73 Å². The van der Waals surface area contributed by atoms with E-state index in [0.29, 0.717) is 11.7 Å². The van der Waals surface area contributed by atoms with Crippen LogP contribution in [0.5, 0.6) is 0 Å². The molecule has 100 valence electrons. The second-order valence-electron chi connectivity index (χ2n) is 5.02. The zero-order valence-corrected chi connectivity index (χ0v) is 11.5. The quantitative estimate of drug-likeness (QED) is 0.907. The number of nitrogens with one attached hydrogen (secondary N) is 1. The molecule has 0 radical (unpaired) electrons. The molecule has 1 atom stereocenters. The summed E-state index contributed by atoms with van der Waals surface area (Å²) in [5, 5.41) is 3.03. The van der Waals surface area contributed by atoms with Crippen LogP contribution >= 0.6 is 0 Å². The van der Waals surface area contributed by atoms with Crippen LogP contribution in [0.25, 0.3) is 0 Å². The number of carbonyl (C=O) groups is 1. The highest BCUT2D eigenvalue weighted by Gasteiger charge is 2.20. The number of aryl methyl sites for hydroxylation is 1. The van der Waals surface area contributed by atoms with Crippen LogP contribution in [-0.4, -0.2) is 5.91 Å². The number of amides is 1. The lowest BCUT2D eigenvalue weighted by Gasteiger charge is -2.22. The van der Waals surface area contributed by atoms with Crippen LogP contribution < -0.4 is 5.32 Å². The van der Waals surface area contributed by atoms with Gasteiger partial charge in [0.05, 0.1) is 6.04 Å². The minimum Gasteiger partial charge on any atom is -0.456 e. The smallest absolute Gasteiger partial charge is 0.287 e. The van der Waals surface area contributed by atoms with Crippen molar-refractivity contribution in [1.82, 2.24) is 5.32 Å². The van der Waals surface area contributed by atoms with Gasteiger partial charge in [-0.25, -0.2) is 0 Å². The van der Waals surface area contributed by atoms with Gasteiger partial charge in [0.25, 0.3) is 5.91 Å². The van der Waals surface area contributed by atoms with E-state index in [4.69, 9.17) is 4.42 Å². The molecule has 1 unspecified atom stereocenters. The second-order valence-corrected chi connectivity index (χ2v) is 5.02. The Morgan fingerprint density at radius 1 is 1.11 bits per heavy atom. The fraction of sp³-hybridized carbons (Fsp3) is 0.312. The van der Waals surface area contributed by atoms with Crippen molar-refractivity contribution in [3.05, 3.63) is 59.5 Å².